The summed E-state index contributed by atoms with van der Waals surface area (Å²) in [6.07, 6.45) is 0. The zero-order valence-corrected chi connectivity index (χ0v) is 16.8. The SMILES string of the molecule is O=C(Cn1nnc(-c2ccccc2NC(=O)c2ccc(Cl)cc2)n1)c1ccc(F)cc1. The van der Waals surface area contributed by atoms with Crippen molar-refractivity contribution in [1.82, 2.24) is 20.2 Å². The van der Waals surface area contributed by atoms with Crippen LogP contribution in [-0.2, 0) is 6.54 Å². The minimum Gasteiger partial charge on any atom is -0.321 e. The molecule has 4 rings (SSSR count). The Morgan fingerprint density at radius 3 is 2.35 bits per heavy atom. The number of hydrogen-bond acceptors (Lipinski definition) is 5. The fourth-order valence-corrected chi connectivity index (χ4v) is 2.98. The molecule has 0 bridgehead atoms. The van der Waals surface area contributed by atoms with Gasteiger partial charge in [-0.3, -0.25) is 9.59 Å². The average molecular weight is 436 g/mol. The van der Waals surface area contributed by atoms with Crippen LogP contribution in [0.25, 0.3) is 11.4 Å². The second-order valence-electron chi connectivity index (χ2n) is 6.58. The number of anilines is 1. The maximum Gasteiger partial charge on any atom is 0.255 e. The van der Waals surface area contributed by atoms with Gasteiger partial charge in [0.05, 0.1) is 5.69 Å². The largest absolute Gasteiger partial charge is 0.321 e. The summed E-state index contributed by atoms with van der Waals surface area (Å²) in [5.74, 6) is -0.773. The molecule has 1 aromatic heterocycles. The number of carbonyl (C=O) groups excluding carboxylic acids is 2. The molecule has 1 amide bonds. The summed E-state index contributed by atoms with van der Waals surface area (Å²) in [5.41, 5.74) is 1.83. The van der Waals surface area contributed by atoms with E-state index >= 15 is 0 Å². The van der Waals surface area contributed by atoms with Crippen molar-refractivity contribution in [3.8, 4) is 11.4 Å². The molecule has 1 heterocycles. The highest BCUT2D eigenvalue weighted by Crippen LogP contribution is 2.25. The minimum absolute atomic E-state index is 0.155. The summed E-state index contributed by atoms with van der Waals surface area (Å²) < 4.78 is 13.0. The molecule has 0 spiro atoms. The van der Waals surface area contributed by atoms with Gasteiger partial charge in [-0.15, -0.1) is 10.2 Å². The van der Waals surface area contributed by atoms with Gasteiger partial charge in [-0.2, -0.15) is 4.80 Å². The van der Waals surface area contributed by atoms with Crippen LogP contribution in [-0.4, -0.2) is 31.9 Å². The first-order valence-corrected chi connectivity index (χ1v) is 9.60. The molecule has 0 aliphatic rings. The molecule has 0 unspecified atom stereocenters. The summed E-state index contributed by atoms with van der Waals surface area (Å²) in [5, 5.41) is 15.5. The third kappa shape index (κ3) is 4.81. The fourth-order valence-electron chi connectivity index (χ4n) is 2.86. The van der Waals surface area contributed by atoms with Crippen molar-refractivity contribution in [3.05, 3.63) is 94.8 Å². The van der Waals surface area contributed by atoms with Crippen LogP contribution in [0, 0.1) is 5.82 Å². The van der Waals surface area contributed by atoms with Crippen molar-refractivity contribution in [1.29, 1.82) is 0 Å². The zero-order valence-electron chi connectivity index (χ0n) is 16.0. The van der Waals surface area contributed by atoms with Crippen LogP contribution in [0.1, 0.15) is 20.7 Å². The maximum absolute atomic E-state index is 13.0. The summed E-state index contributed by atoms with van der Waals surface area (Å²) in [6, 6.07) is 18.7. The lowest BCUT2D eigenvalue weighted by Gasteiger charge is -2.08. The van der Waals surface area contributed by atoms with Crippen molar-refractivity contribution < 1.29 is 14.0 Å². The van der Waals surface area contributed by atoms with E-state index < -0.39 is 5.82 Å². The quantitative estimate of drug-likeness (QED) is 0.457. The fraction of sp³-hybridized carbons (Fsp3) is 0.0455. The van der Waals surface area contributed by atoms with Crippen molar-refractivity contribution in [2.45, 2.75) is 6.54 Å². The normalized spacial score (nSPS) is 10.6. The Morgan fingerprint density at radius 2 is 1.61 bits per heavy atom. The lowest BCUT2D eigenvalue weighted by molar-refractivity contribution is 0.0960. The van der Waals surface area contributed by atoms with Gasteiger partial charge in [0.15, 0.2) is 5.78 Å². The van der Waals surface area contributed by atoms with Gasteiger partial charge in [-0.1, -0.05) is 23.7 Å². The highest BCUT2D eigenvalue weighted by atomic mass is 35.5. The first kappa shape index (κ1) is 20.4. The van der Waals surface area contributed by atoms with Gasteiger partial charge < -0.3 is 5.32 Å². The summed E-state index contributed by atoms with van der Waals surface area (Å²) in [4.78, 5) is 26.1. The molecule has 0 aliphatic carbocycles. The molecule has 0 radical (unpaired) electrons. The predicted molar refractivity (Wildman–Crippen MR) is 113 cm³/mol. The number of rotatable bonds is 6. The Kier molecular flexibility index (Phi) is 5.81. The van der Waals surface area contributed by atoms with Crippen LogP contribution in [0.3, 0.4) is 0 Å². The summed E-state index contributed by atoms with van der Waals surface area (Å²) in [7, 11) is 0. The van der Waals surface area contributed by atoms with Gasteiger partial charge in [-0.25, -0.2) is 4.39 Å². The van der Waals surface area contributed by atoms with Crippen LogP contribution in [0.15, 0.2) is 72.8 Å². The number of tetrazole rings is 1. The maximum atomic E-state index is 13.0. The number of nitrogens with zero attached hydrogens (tertiary/aromatic N) is 4. The van der Waals surface area contributed by atoms with Crippen LogP contribution in [0.2, 0.25) is 5.02 Å². The van der Waals surface area contributed by atoms with Crippen LogP contribution >= 0.6 is 11.6 Å². The van der Waals surface area contributed by atoms with Gasteiger partial charge in [-0.05, 0) is 65.9 Å². The number of aromatic nitrogens is 4. The Labute approximate surface area is 181 Å². The van der Waals surface area contributed by atoms with Crippen LogP contribution in [0.4, 0.5) is 10.1 Å². The molecule has 0 fully saturated rings. The van der Waals surface area contributed by atoms with E-state index in [2.05, 4.69) is 20.7 Å². The second-order valence-corrected chi connectivity index (χ2v) is 7.02. The van der Waals surface area contributed by atoms with E-state index in [1.807, 2.05) is 0 Å². The lowest BCUT2D eigenvalue weighted by Crippen LogP contribution is -2.13. The number of halogens is 2. The van der Waals surface area contributed by atoms with E-state index in [9.17, 15) is 14.0 Å². The molecule has 9 heteroatoms. The summed E-state index contributed by atoms with van der Waals surface area (Å²) >= 11 is 5.87. The number of ketones is 1. The Balaban J connectivity index is 1.52. The van der Waals surface area contributed by atoms with E-state index in [4.69, 9.17) is 11.6 Å². The monoisotopic (exact) mass is 435 g/mol. The molecule has 0 aliphatic heterocycles. The number of hydrogen-bond donors (Lipinski definition) is 1. The molecule has 31 heavy (non-hydrogen) atoms. The Bertz CT molecular complexity index is 1240. The van der Waals surface area contributed by atoms with Crippen LogP contribution in [0.5, 0.6) is 0 Å². The second kappa shape index (κ2) is 8.85. The van der Waals surface area contributed by atoms with Crippen molar-refractivity contribution >= 4 is 29.0 Å². The highest BCUT2D eigenvalue weighted by Gasteiger charge is 2.15. The number of para-hydroxylation sites is 1. The Hall–Kier alpha value is -3.91. The third-order valence-corrected chi connectivity index (χ3v) is 4.68. The van der Waals surface area contributed by atoms with Gasteiger partial charge in [0.25, 0.3) is 5.91 Å². The molecule has 3 aromatic carbocycles. The molecule has 7 nitrogen and oxygen atoms in total. The first-order valence-electron chi connectivity index (χ1n) is 9.22. The number of Topliss-reactive ketones (excluding diaryl/α,β-unsaturated/α-hetero) is 1. The van der Waals surface area contributed by atoms with Gasteiger partial charge in [0.2, 0.25) is 5.82 Å². The van der Waals surface area contributed by atoms with Crippen molar-refractivity contribution in [3.63, 3.8) is 0 Å². The average Bonchev–Trinajstić information content (AvgIpc) is 3.23. The zero-order chi connectivity index (χ0) is 21.8. The topological polar surface area (TPSA) is 89.8 Å². The van der Waals surface area contributed by atoms with E-state index in [0.717, 1.165) is 4.80 Å². The third-order valence-electron chi connectivity index (χ3n) is 4.43. The Morgan fingerprint density at radius 1 is 0.935 bits per heavy atom. The smallest absolute Gasteiger partial charge is 0.255 e. The molecule has 1 N–H and O–H groups in total. The molecule has 0 saturated heterocycles. The van der Waals surface area contributed by atoms with Gasteiger partial charge in [0, 0.05) is 21.7 Å². The first-order chi connectivity index (χ1) is 15.0. The van der Waals surface area contributed by atoms with E-state index in [0.29, 0.717) is 27.4 Å². The number of benzene rings is 3. The predicted octanol–water partition coefficient (Wildman–Crippen LogP) is 4.27. The standard InChI is InChI=1S/C22H15ClFN5O2/c23-16-9-5-15(6-10-16)22(31)25-19-4-2-1-3-18(19)21-26-28-29(27-21)13-20(30)14-7-11-17(24)12-8-14/h1-12H,13H2,(H,25,31). The lowest BCUT2D eigenvalue weighted by atomic mass is 10.1. The van der Waals surface area contributed by atoms with Crippen LogP contribution < -0.4 is 5.32 Å². The molecule has 0 atom stereocenters. The van der Waals surface area contributed by atoms with Crippen molar-refractivity contribution in [2.75, 3.05) is 5.32 Å². The summed E-state index contributed by atoms with van der Waals surface area (Å²) in [6.45, 7) is -0.155. The molecule has 0 saturated carbocycles. The molecule has 4 aromatic rings. The number of carbonyl (C=O) groups is 2. The molecular formula is C22H15ClFN5O2. The van der Waals surface area contributed by atoms with Gasteiger partial charge >= 0.3 is 0 Å². The van der Waals surface area contributed by atoms with Gasteiger partial charge in [0.1, 0.15) is 12.4 Å². The number of amides is 1. The van der Waals surface area contributed by atoms with E-state index in [1.54, 1.807) is 48.5 Å². The molecule has 154 valence electrons. The highest BCUT2D eigenvalue weighted by molar-refractivity contribution is 6.30. The van der Waals surface area contributed by atoms with E-state index in [1.165, 1.54) is 24.3 Å². The van der Waals surface area contributed by atoms with E-state index in [-0.39, 0.29) is 24.1 Å². The minimum atomic E-state index is -0.421. The van der Waals surface area contributed by atoms with Crippen molar-refractivity contribution in [2.24, 2.45) is 0 Å². The number of nitrogens with one attached hydrogen (secondary N) is 1. The molecular weight excluding hydrogens is 421 g/mol.